The van der Waals surface area contributed by atoms with Gasteiger partial charge >= 0.3 is 0 Å². The highest BCUT2D eigenvalue weighted by atomic mass is 32.1. The summed E-state index contributed by atoms with van der Waals surface area (Å²) in [5.41, 5.74) is 1.16. The number of carbonyl (C=O) groups excluding carboxylic acids is 2. The molecule has 1 fully saturated rings. The summed E-state index contributed by atoms with van der Waals surface area (Å²) in [4.78, 5) is 25.5. The minimum Gasteiger partial charge on any atom is -0.345 e. The van der Waals surface area contributed by atoms with E-state index < -0.39 is 5.92 Å². The highest BCUT2D eigenvalue weighted by molar-refractivity contribution is 7.09. The molecule has 0 radical (unpaired) electrons. The van der Waals surface area contributed by atoms with Gasteiger partial charge in [0.2, 0.25) is 5.91 Å². The Balaban J connectivity index is 1.67. The number of rotatable bonds is 4. The third kappa shape index (κ3) is 2.75. The lowest BCUT2D eigenvalue weighted by molar-refractivity contribution is -0.127. The quantitative estimate of drug-likeness (QED) is 0.865. The van der Waals surface area contributed by atoms with E-state index in [4.69, 9.17) is 0 Å². The zero-order valence-electron chi connectivity index (χ0n) is 11.2. The molecule has 0 aromatic carbocycles. The molecular weight excluding hydrogens is 270 g/mol. The minimum atomic E-state index is -0.508. The maximum absolute atomic E-state index is 12.4. The third-order valence-corrected chi connectivity index (χ3v) is 4.72. The van der Waals surface area contributed by atoms with Crippen molar-refractivity contribution in [2.45, 2.75) is 31.7 Å². The summed E-state index contributed by atoms with van der Waals surface area (Å²) < 4.78 is 0. The first-order valence-corrected chi connectivity index (χ1v) is 7.84. The highest BCUT2D eigenvalue weighted by Gasteiger charge is 2.40. The Kier molecular flexibility index (Phi) is 3.83. The predicted octanol–water partition coefficient (Wildman–Crippen LogP) is 2.64. The topological polar surface area (TPSA) is 46.2 Å². The molecule has 3 rings (SSSR count). The average molecular weight is 287 g/mol. The molecule has 0 unspecified atom stereocenters. The molecule has 0 spiro atoms. The van der Waals surface area contributed by atoms with Gasteiger partial charge < -0.3 is 5.32 Å². The molecule has 1 amide bonds. The van der Waals surface area contributed by atoms with Crippen LogP contribution < -0.4 is 5.32 Å². The van der Waals surface area contributed by atoms with Crippen LogP contribution in [0.1, 0.15) is 24.1 Å². The lowest BCUT2D eigenvalue weighted by Gasteiger charge is -2.12. The number of carbonyl (C=O) groups is 2. The van der Waals surface area contributed by atoms with E-state index in [2.05, 4.69) is 23.5 Å². The van der Waals surface area contributed by atoms with Crippen LogP contribution in [-0.2, 0) is 16.0 Å². The molecule has 1 aromatic heterocycles. The zero-order valence-corrected chi connectivity index (χ0v) is 12.0. The molecule has 2 aliphatic rings. The summed E-state index contributed by atoms with van der Waals surface area (Å²) in [6.45, 7) is 0. The molecular formula is C16H17NO2S. The van der Waals surface area contributed by atoms with Crippen LogP contribution in [-0.4, -0.2) is 17.7 Å². The number of thiophene rings is 1. The monoisotopic (exact) mass is 287 g/mol. The van der Waals surface area contributed by atoms with Gasteiger partial charge in [0.05, 0.1) is 6.04 Å². The van der Waals surface area contributed by atoms with Crippen LogP contribution in [0, 0.1) is 5.92 Å². The van der Waals surface area contributed by atoms with Gasteiger partial charge in [0.25, 0.3) is 0 Å². The van der Waals surface area contributed by atoms with Gasteiger partial charge in [-0.3, -0.25) is 9.59 Å². The molecule has 1 aliphatic carbocycles. The molecule has 4 heteroatoms. The SMILES string of the molecule is O=C1N[C@@H](CC2=CCCC=C2)C(=O)[C@@H]1Cc1cccs1. The van der Waals surface area contributed by atoms with Gasteiger partial charge in [0, 0.05) is 11.3 Å². The predicted molar refractivity (Wildman–Crippen MR) is 79.5 cm³/mol. The standard InChI is InChI=1S/C16H17NO2S/c18-15-13(10-12-7-4-8-20-12)16(19)17-14(15)9-11-5-2-1-3-6-11/h2,4-8,13-14H,1,3,9-10H2,(H,17,19)/t13-,14-/m0/s1. The Labute approximate surface area is 122 Å². The second-order valence-corrected chi connectivity index (χ2v) is 6.29. The van der Waals surface area contributed by atoms with Crippen LogP contribution >= 0.6 is 11.3 Å². The van der Waals surface area contributed by atoms with E-state index in [-0.39, 0.29) is 17.7 Å². The number of Topliss-reactive ketones (excluding diaryl/α,β-unsaturated/α-hetero) is 1. The maximum atomic E-state index is 12.4. The second kappa shape index (κ2) is 5.75. The lowest BCUT2D eigenvalue weighted by atomic mass is 9.94. The highest BCUT2D eigenvalue weighted by Crippen LogP contribution is 2.24. The molecule has 1 saturated heterocycles. The summed E-state index contributed by atoms with van der Waals surface area (Å²) in [7, 11) is 0. The van der Waals surface area contributed by atoms with Crippen molar-refractivity contribution in [2.24, 2.45) is 5.92 Å². The second-order valence-electron chi connectivity index (χ2n) is 5.26. The first-order valence-electron chi connectivity index (χ1n) is 6.96. The number of allylic oxidation sites excluding steroid dienone is 3. The summed E-state index contributed by atoms with van der Waals surface area (Å²) in [5.74, 6) is -0.580. The van der Waals surface area contributed by atoms with Crippen LogP contribution in [0.15, 0.2) is 41.3 Å². The van der Waals surface area contributed by atoms with Crippen molar-refractivity contribution in [3.05, 3.63) is 46.2 Å². The molecule has 1 aromatic rings. The number of amides is 1. The Hall–Kier alpha value is -1.68. The normalized spacial score (nSPS) is 25.7. The van der Waals surface area contributed by atoms with Gasteiger partial charge in [-0.2, -0.15) is 0 Å². The van der Waals surface area contributed by atoms with Crippen molar-refractivity contribution in [1.82, 2.24) is 5.32 Å². The van der Waals surface area contributed by atoms with Crippen molar-refractivity contribution in [2.75, 3.05) is 0 Å². The van der Waals surface area contributed by atoms with Gasteiger partial charge in [-0.1, -0.05) is 24.3 Å². The van der Waals surface area contributed by atoms with Crippen molar-refractivity contribution >= 4 is 23.0 Å². The first kappa shape index (κ1) is 13.3. The van der Waals surface area contributed by atoms with Crippen molar-refractivity contribution < 1.29 is 9.59 Å². The Morgan fingerprint density at radius 2 is 2.15 bits per heavy atom. The van der Waals surface area contributed by atoms with E-state index in [1.165, 1.54) is 0 Å². The van der Waals surface area contributed by atoms with Crippen molar-refractivity contribution in [3.63, 3.8) is 0 Å². The van der Waals surface area contributed by atoms with Gasteiger partial charge in [0.1, 0.15) is 5.92 Å². The van der Waals surface area contributed by atoms with Gasteiger partial charge in [-0.15, -0.1) is 11.3 Å². The third-order valence-electron chi connectivity index (χ3n) is 3.82. The van der Waals surface area contributed by atoms with E-state index >= 15 is 0 Å². The number of hydrogen-bond donors (Lipinski definition) is 1. The van der Waals surface area contributed by atoms with Crippen LogP contribution in [0.4, 0.5) is 0 Å². The molecule has 0 bridgehead atoms. The summed E-state index contributed by atoms with van der Waals surface area (Å²) >= 11 is 1.60. The van der Waals surface area contributed by atoms with Crippen molar-refractivity contribution in [3.8, 4) is 0 Å². The summed E-state index contributed by atoms with van der Waals surface area (Å²) in [5, 5.41) is 4.83. The summed E-state index contributed by atoms with van der Waals surface area (Å²) in [6.07, 6.45) is 9.60. The zero-order chi connectivity index (χ0) is 13.9. The molecule has 0 saturated carbocycles. The molecule has 104 valence electrons. The van der Waals surface area contributed by atoms with Crippen LogP contribution in [0.2, 0.25) is 0 Å². The fraction of sp³-hybridized carbons (Fsp3) is 0.375. The summed E-state index contributed by atoms with van der Waals surface area (Å²) in [6, 6.07) is 3.58. The van der Waals surface area contributed by atoms with Gasteiger partial charge in [-0.05, 0) is 36.3 Å². The Morgan fingerprint density at radius 1 is 1.25 bits per heavy atom. The smallest absolute Gasteiger partial charge is 0.231 e. The van der Waals surface area contributed by atoms with E-state index in [0.717, 1.165) is 23.3 Å². The lowest BCUT2D eigenvalue weighted by Crippen LogP contribution is -2.29. The van der Waals surface area contributed by atoms with Crippen LogP contribution in [0.5, 0.6) is 0 Å². The fourth-order valence-corrected chi connectivity index (χ4v) is 3.50. The number of hydrogen-bond acceptors (Lipinski definition) is 3. The maximum Gasteiger partial charge on any atom is 0.231 e. The van der Waals surface area contributed by atoms with Crippen LogP contribution in [0.25, 0.3) is 0 Å². The van der Waals surface area contributed by atoms with Crippen LogP contribution in [0.3, 0.4) is 0 Å². The molecule has 20 heavy (non-hydrogen) atoms. The molecule has 2 atom stereocenters. The van der Waals surface area contributed by atoms with E-state index in [1.54, 1.807) is 11.3 Å². The van der Waals surface area contributed by atoms with E-state index in [9.17, 15) is 9.59 Å². The minimum absolute atomic E-state index is 0.0447. The Bertz CT molecular complexity index is 571. The molecule has 1 N–H and O–H groups in total. The first-order chi connectivity index (χ1) is 9.74. The van der Waals surface area contributed by atoms with Gasteiger partial charge in [0.15, 0.2) is 5.78 Å². The van der Waals surface area contributed by atoms with E-state index in [1.807, 2.05) is 17.5 Å². The molecule has 1 aliphatic heterocycles. The van der Waals surface area contributed by atoms with E-state index in [0.29, 0.717) is 12.8 Å². The number of ketones is 1. The van der Waals surface area contributed by atoms with Gasteiger partial charge in [-0.25, -0.2) is 0 Å². The molecule has 3 nitrogen and oxygen atoms in total. The average Bonchev–Trinajstić information content (AvgIpc) is 3.05. The number of nitrogens with one attached hydrogen (secondary N) is 1. The largest absolute Gasteiger partial charge is 0.345 e. The van der Waals surface area contributed by atoms with Crippen molar-refractivity contribution in [1.29, 1.82) is 0 Å². The fourth-order valence-electron chi connectivity index (χ4n) is 2.75. The Morgan fingerprint density at radius 3 is 2.85 bits per heavy atom. The molecule has 2 heterocycles.